The number of hydrogen-bond donors (Lipinski definition) is 0. The molecule has 84 heavy (non-hydrogen) atoms. The molecule has 2 rings (SSSR count). The van der Waals surface area contributed by atoms with Crippen molar-refractivity contribution in [2.75, 3.05) is 36.0 Å². The topological polar surface area (TPSA) is 23.6 Å². The van der Waals surface area contributed by atoms with Crippen LogP contribution in [0.2, 0.25) is 0 Å². The fourth-order valence-electron chi connectivity index (χ4n) is 13.4. The molecule has 0 amide bonds. The second-order valence-electron chi connectivity index (χ2n) is 27.1. The van der Waals surface area contributed by atoms with E-state index in [2.05, 4.69) is 86.0 Å². The van der Waals surface area contributed by atoms with E-state index in [0.29, 0.717) is 0 Å². The van der Waals surface area contributed by atoms with Gasteiger partial charge in [0.05, 0.1) is 0 Å². The van der Waals surface area contributed by atoms with Crippen LogP contribution >= 0.6 is 0 Å². The number of anilines is 2. The molecule has 0 unspecified atom stereocenters. The summed E-state index contributed by atoms with van der Waals surface area (Å²) in [5.74, 6) is 0.220. The number of benzene rings is 2. The Hall–Kier alpha value is -2.29. The average Bonchev–Trinajstić information content (AvgIpc) is 3.64. The number of nitrogens with zero attached hydrogens (tertiary/aromatic N) is 2. The summed E-state index contributed by atoms with van der Waals surface area (Å²) in [4.78, 5) is 20.6. The van der Waals surface area contributed by atoms with E-state index in [4.69, 9.17) is 0 Å². The largest absolute Gasteiger partial charge is 0.371 e. The highest BCUT2D eigenvalue weighted by Crippen LogP contribution is 2.31. The second kappa shape index (κ2) is 62.3. The maximum absolute atomic E-state index is 15.3. The number of hydrogen-bond acceptors (Lipinski definition) is 3. The first-order valence-electron chi connectivity index (χ1n) is 38.9. The predicted molar refractivity (Wildman–Crippen MR) is 380 cm³/mol. The van der Waals surface area contributed by atoms with Gasteiger partial charge in [0.1, 0.15) is 0 Å². The van der Waals surface area contributed by atoms with Gasteiger partial charge in [-0.2, -0.15) is 0 Å². The van der Waals surface area contributed by atoms with Gasteiger partial charge in [0.25, 0.3) is 0 Å². The van der Waals surface area contributed by atoms with E-state index in [9.17, 15) is 0 Å². The number of carbonyl (C=O) groups is 1. The molecular formula is C81H148N2O. The molecule has 0 atom stereocenters. The van der Waals surface area contributed by atoms with Crippen LogP contribution in [0.3, 0.4) is 0 Å². The lowest BCUT2D eigenvalue weighted by atomic mass is 9.98. The molecule has 488 valence electrons. The third-order valence-electron chi connectivity index (χ3n) is 19.1. The molecule has 0 aliphatic heterocycles. The number of para-hydroxylation sites is 2. The van der Waals surface area contributed by atoms with E-state index >= 15 is 4.79 Å². The maximum Gasteiger partial charge on any atom is 0.197 e. The van der Waals surface area contributed by atoms with Crippen molar-refractivity contribution in [1.82, 2.24) is 0 Å². The lowest BCUT2D eigenvalue weighted by Gasteiger charge is -2.29. The molecule has 3 nitrogen and oxygen atoms in total. The zero-order valence-corrected chi connectivity index (χ0v) is 57.7. The van der Waals surface area contributed by atoms with Crippen molar-refractivity contribution < 1.29 is 4.79 Å². The van der Waals surface area contributed by atoms with Crippen LogP contribution in [-0.2, 0) is 0 Å². The van der Waals surface area contributed by atoms with Crippen LogP contribution in [-0.4, -0.2) is 32.0 Å². The summed E-state index contributed by atoms with van der Waals surface area (Å²) in [6.45, 7) is 13.5. The molecule has 0 saturated carbocycles. The molecule has 3 heteroatoms. The van der Waals surface area contributed by atoms with Crippen molar-refractivity contribution in [3.8, 4) is 0 Å². The zero-order chi connectivity index (χ0) is 60.0. The van der Waals surface area contributed by atoms with Crippen LogP contribution in [0.1, 0.15) is 429 Å². The third-order valence-corrected chi connectivity index (χ3v) is 19.1. The molecule has 0 aromatic heterocycles. The summed E-state index contributed by atoms with van der Waals surface area (Å²) < 4.78 is 0. The summed E-state index contributed by atoms with van der Waals surface area (Å²) in [7, 11) is 0. The van der Waals surface area contributed by atoms with Crippen molar-refractivity contribution in [3.05, 3.63) is 59.7 Å². The van der Waals surface area contributed by atoms with Crippen molar-refractivity contribution in [1.29, 1.82) is 0 Å². The molecule has 0 radical (unpaired) electrons. The monoisotopic (exact) mass is 1170 g/mol. The lowest BCUT2D eigenvalue weighted by Crippen LogP contribution is -2.29. The first kappa shape index (κ1) is 77.8. The SMILES string of the molecule is CCCCCCCCCCCCCCCCCN(CCCCCCCCCCCCCCCCC)c1ccccc1C(=O)c1ccccc1N(CCCCCCCCCCCCCCCCC)CCCCCCCCCCCCCCCCC. The van der Waals surface area contributed by atoms with Gasteiger partial charge in [-0.25, -0.2) is 0 Å². The molecule has 0 N–H and O–H groups in total. The number of unbranched alkanes of at least 4 members (excludes halogenated alkanes) is 56. The minimum absolute atomic E-state index is 0.220. The molecule has 0 bridgehead atoms. The maximum atomic E-state index is 15.3. The first-order valence-corrected chi connectivity index (χ1v) is 38.9. The van der Waals surface area contributed by atoms with Crippen molar-refractivity contribution in [2.24, 2.45) is 0 Å². The van der Waals surface area contributed by atoms with Gasteiger partial charge in [0.2, 0.25) is 0 Å². The molecular weight excluding hydrogens is 1020 g/mol. The Morgan fingerprint density at radius 2 is 0.357 bits per heavy atom. The summed E-state index contributed by atoms with van der Waals surface area (Å²) >= 11 is 0. The lowest BCUT2D eigenvalue weighted by molar-refractivity contribution is 0.103. The van der Waals surface area contributed by atoms with Crippen LogP contribution < -0.4 is 9.80 Å². The fourth-order valence-corrected chi connectivity index (χ4v) is 13.4. The highest BCUT2D eigenvalue weighted by Gasteiger charge is 2.22. The van der Waals surface area contributed by atoms with Crippen LogP contribution in [0.15, 0.2) is 48.5 Å². The van der Waals surface area contributed by atoms with Crippen molar-refractivity contribution in [2.45, 2.75) is 413 Å². The molecule has 0 spiro atoms. The van der Waals surface area contributed by atoms with E-state index in [0.717, 1.165) is 37.3 Å². The predicted octanol–water partition coefficient (Wildman–Crippen LogP) is 28.0. The van der Waals surface area contributed by atoms with Gasteiger partial charge in [0, 0.05) is 48.7 Å². The van der Waals surface area contributed by atoms with Gasteiger partial charge in [-0.1, -0.05) is 412 Å². The Morgan fingerprint density at radius 3 is 0.524 bits per heavy atom. The highest BCUT2D eigenvalue weighted by molar-refractivity contribution is 6.15. The molecule has 2 aromatic carbocycles. The quantitative estimate of drug-likeness (QED) is 0.0487. The van der Waals surface area contributed by atoms with Crippen LogP contribution in [0.5, 0.6) is 0 Å². The highest BCUT2D eigenvalue weighted by atomic mass is 16.1. The number of ketones is 1. The summed E-state index contributed by atoms with van der Waals surface area (Å²) in [5, 5.41) is 0. The summed E-state index contributed by atoms with van der Waals surface area (Å²) in [6, 6.07) is 17.5. The Bertz CT molecular complexity index is 1450. The molecule has 0 aliphatic rings. The summed E-state index contributed by atoms with van der Waals surface area (Å²) in [6.07, 6.45) is 83.4. The standard InChI is InChI=1S/C81H148N2O/c1-5-9-13-17-21-25-29-33-37-41-45-49-53-57-65-73-82(74-66-58-54-50-46-42-38-34-30-26-22-18-14-10-6-2)79-71-63-61-69-77(79)81(84)78-70-62-64-72-80(78)83(75-67-59-55-51-47-43-39-35-31-27-23-19-15-11-7-3)76-68-60-56-52-48-44-40-36-32-28-24-20-16-12-8-4/h61-64,69-72H,5-60,65-68,73-76H2,1-4H3. The molecule has 0 fully saturated rings. The van der Waals surface area contributed by atoms with Crippen LogP contribution in [0.25, 0.3) is 0 Å². The van der Waals surface area contributed by atoms with Crippen LogP contribution in [0.4, 0.5) is 11.4 Å². The van der Waals surface area contributed by atoms with Gasteiger partial charge in [-0.3, -0.25) is 4.79 Å². The van der Waals surface area contributed by atoms with Crippen molar-refractivity contribution in [3.63, 3.8) is 0 Å². The van der Waals surface area contributed by atoms with E-state index in [1.807, 2.05) is 0 Å². The Kier molecular flexibility index (Phi) is 57.7. The van der Waals surface area contributed by atoms with E-state index in [1.165, 1.54) is 397 Å². The van der Waals surface area contributed by atoms with E-state index in [-0.39, 0.29) is 5.78 Å². The minimum atomic E-state index is 0.220. The number of carbonyl (C=O) groups excluding carboxylic acids is 1. The smallest absolute Gasteiger partial charge is 0.197 e. The zero-order valence-electron chi connectivity index (χ0n) is 57.7. The van der Waals surface area contributed by atoms with E-state index in [1.54, 1.807) is 0 Å². The molecule has 0 aliphatic carbocycles. The Morgan fingerprint density at radius 1 is 0.214 bits per heavy atom. The van der Waals surface area contributed by atoms with Crippen molar-refractivity contribution >= 4 is 17.2 Å². The number of rotatable bonds is 68. The van der Waals surface area contributed by atoms with Gasteiger partial charge < -0.3 is 9.80 Å². The van der Waals surface area contributed by atoms with Crippen LogP contribution in [0, 0.1) is 0 Å². The van der Waals surface area contributed by atoms with E-state index < -0.39 is 0 Å². The average molecular weight is 1170 g/mol. The Balaban J connectivity index is 2.06. The second-order valence-corrected chi connectivity index (χ2v) is 27.1. The normalized spacial score (nSPS) is 11.6. The molecule has 0 heterocycles. The minimum Gasteiger partial charge on any atom is -0.371 e. The van der Waals surface area contributed by atoms with Gasteiger partial charge in [-0.05, 0) is 49.9 Å². The Labute approximate surface area is 527 Å². The fraction of sp³-hybridized carbons (Fsp3) is 0.840. The van der Waals surface area contributed by atoms with Gasteiger partial charge in [0.15, 0.2) is 5.78 Å². The first-order chi connectivity index (χ1) is 41.7. The molecule has 0 saturated heterocycles. The summed E-state index contributed by atoms with van der Waals surface area (Å²) in [5.41, 5.74) is 4.16. The third kappa shape index (κ3) is 45.9. The van der Waals surface area contributed by atoms with Gasteiger partial charge in [-0.15, -0.1) is 0 Å². The van der Waals surface area contributed by atoms with Gasteiger partial charge >= 0.3 is 0 Å². The molecule has 2 aromatic rings.